The smallest absolute Gasteiger partial charge is 0.232 e. The fourth-order valence-electron chi connectivity index (χ4n) is 2.85. The van der Waals surface area contributed by atoms with Gasteiger partial charge in [0.1, 0.15) is 5.82 Å². The lowest BCUT2D eigenvalue weighted by Crippen LogP contribution is -2.21. The van der Waals surface area contributed by atoms with Gasteiger partial charge in [0, 0.05) is 36.7 Å². The van der Waals surface area contributed by atoms with Crippen LogP contribution in [-0.2, 0) is 0 Å². The Morgan fingerprint density at radius 2 is 1.56 bits per heavy atom. The molecular formula is C21H24N4. The molecule has 0 amide bonds. The van der Waals surface area contributed by atoms with Crippen molar-refractivity contribution in [2.75, 3.05) is 23.4 Å². The Morgan fingerprint density at radius 3 is 2.24 bits per heavy atom. The number of aromatic nitrogens is 2. The first-order valence-electron chi connectivity index (χ1n) is 8.57. The van der Waals surface area contributed by atoms with Crippen LogP contribution in [-0.4, -0.2) is 23.6 Å². The third-order valence-corrected chi connectivity index (χ3v) is 4.19. The van der Waals surface area contributed by atoms with Crippen molar-refractivity contribution in [1.82, 2.24) is 9.97 Å². The van der Waals surface area contributed by atoms with Gasteiger partial charge in [-0.05, 0) is 50.6 Å². The summed E-state index contributed by atoms with van der Waals surface area (Å²) in [6.45, 7) is 7.04. The van der Waals surface area contributed by atoms with Crippen molar-refractivity contribution in [3.05, 3.63) is 71.9 Å². The maximum Gasteiger partial charge on any atom is 0.232 e. The number of anilines is 4. The first-order chi connectivity index (χ1) is 12.1. The second-order valence-electron chi connectivity index (χ2n) is 6.15. The van der Waals surface area contributed by atoms with E-state index in [0.29, 0.717) is 0 Å². The standard InChI is InChI=1S/C21H24N4/c1-5-25(19-13-9-10-16(2)14-19)21-22-17(3)15-20(23-21)24(4)18-11-7-6-8-12-18/h6-15H,5H2,1-4H3. The van der Waals surface area contributed by atoms with Gasteiger partial charge in [-0.1, -0.05) is 30.3 Å². The fourth-order valence-corrected chi connectivity index (χ4v) is 2.85. The Morgan fingerprint density at radius 1 is 0.840 bits per heavy atom. The average molecular weight is 332 g/mol. The summed E-state index contributed by atoms with van der Waals surface area (Å²) in [6, 6.07) is 20.7. The summed E-state index contributed by atoms with van der Waals surface area (Å²) in [7, 11) is 2.03. The largest absolute Gasteiger partial charge is 0.329 e. The highest BCUT2D eigenvalue weighted by Gasteiger charge is 2.14. The summed E-state index contributed by atoms with van der Waals surface area (Å²) in [4.78, 5) is 13.7. The molecule has 1 aromatic heterocycles. The first-order valence-corrected chi connectivity index (χ1v) is 8.57. The minimum atomic E-state index is 0.728. The molecule has 0 radical (unpaired) electrons. The average Bonchev–Trinajstić information content (AvgIpc) is 2.62. The van der Waals surface area contributed by atoms with Crippen molar-refractivity contribution in [2.24, 2.45) is 0 Å². The van der Waals surface area contributed by atoms with Gasteiger partial charge in [0.2, 0.25) is 5.95 Å². The van der Waals surface area contributed by atoms with E-state index < -0.39 is 0 Å². The Kier molecular flexibility index (Phi) is 4.98. The monoisotopic (exact) mass is 332 g/mol. The molecule has 0 N–H and O–H groups in total. The minimum absolute atomic E-state index is 0.728. The van der Waals surface area contributed by atoms with Gasteiger partial charge in [-0.3, -0.25) is 0 Å². The molecule has 2 aromatic carbocycles. The Bertz CT molecular complexity index is 846. The van der Waals surface area contributed by atoms with E-state index in [1.54, 1.807) is 0 Å². The van der Waals surface area contributed by atoms with E-state index in [2.05, 4.69) is 65.0 Å². The summed E-state index contributed by atoms with van der Waals surface area (Å²) in [6.07, 6.45) is 0. The predicted octanol–water partition coefficient (Wildman–Crippen LogP) is 5.02. The Balaban J connectivity index is 2.01. The number of hydrogen-bond acceptors (Lipinski definition) is 4. The van der Waals surface area contributed by atoms with Gasteiger partial charge in [-0.2, -0.15) is 4.98 Å². The molecule has 0 spiro atoms. The van der Waals surface area contributed by atoms with E-state index in [0.717, 1.165) is 35.4 Å². The van der Waals surface area contributed by atoms with Crippen LogP contribution in [0.25, 0.3) is 0 Å². The van der Waals surface area contributed by atoms with Crippen LogP contribution in [0.5, 0.6) is 0 Å². The Hall–Kier alpha value is -2.88. The number of rotatable bonds is 5. The fraction of sp³-hybridized carbons (Fsp3) is 0.238. The molecule has 1 heterocycles. The molecule has 0 aliphatic heterocycles. The van der Waals surface area contributed by atoms with Crippen molar-refractivity contribution >= 4 is 23.1 Å². The first kappa shape index (κ1) is 17.0. The van der Waals surface area contributed by atoms with E-state index in [9.17, 15) is 0 Å². The quantitative estimate of drug-likeness (QED) is 0.657. The zero-order chi connectivity index (χ0) is 17.8. The molecule has 0 atom stereocenters. The highest BCUT2D eigenvalue weighted by Crippen LogP contribution is 2.27. The maximum atomic E-state index is 4.83. The number of nitrogens with zero attached hydrogens (tertiary/aromatic N) is 4. The molecule has 0 bridgehead atoms. The van der Waals surface area contributed by atoms with Gasteiger partial charge in [0.25, 0.3) is 0 Å². The highest BCUT2D eigenvalue weighted by molar-refractivity contribution is 5.63. The summed E-state index contributed by atoms with van der Waals surface area (Å²) in [5.41, 5.74) is 4.39. The van der Waals surface area contributed by atoms with Crippen LogP contribution in [0.4, 0.5) is 23.1 Å². The Labute approximate surface area is 149 Å². The number of hydrogen-bond donors (Lipinski definition) is 0. The molecule has 3 rings (SSSR count). The van der Waals surface area contributed by atoms with Crippen molar-refractivity contribution in [3.63, 3.8) is 0 Å². The lowest BCUT2D eigenvalue weighted by Gasteiger charge is -2.24. The molecule has 25 heavy (non-hydrogen) atoms. The normalized spacial score (nSPS) is 10.6. The number of para-hydroxylation sites is 1. The number of benzene rings is 2. The van der Waals surface area contributed by atoms with Crippen LogP contribution in [0.1, 0.15) is 18.2 Å². The van der Waals surface area contributed by atoms with E-state index in [1.165, 1.54) is 5.56 Å². The molecule has 128 valence electrons. The van der Waals surface area contributed by atoms with Crippen molar-refractivity contribution in [1.29, 1.82) is 0 Å². The zero-order valence-corrected chi connectivity index (χ0v) is 15.3. The molecule has 4 nitrogen and oxygen atoms in total. The van der Waals surface area contributed by atoms with E-state index >= 15 is 0 Å². The van der Waals surface area contributed by atoms with Gasteiger partial charge in [-0.25, -0.2) is 4.98 Å². The SMILES string of the molecule is CCN(c1cccc(C)c1)c1nc(C)cc(N(C)c2ccccc2)n1. The van der Waals surface area contributed by atoms with Crippen LogP contribution in [0, 0.1) is 13.8 Å². The van der Waals surface area contributed by atoms with Crippen LogP contribution in [0.15, 0.2) is 60.7 Å². The van der Waals surface area contributed by atoms with Crippen LogP contribution >= 0.6 is 0 Å². The molecule has 0 saturated carbocycles. The maximum absolute atomic E-state index is 4.83. The molecule has 3 aromatic rings. The molecule has 4 heteroatoms. The number of aryl methyl sites for hydroxylation is 2. The summed E-state index contributed by atoms with van der Waals surface area (Å²) >= 11 is 0. The second-order valence-corrected chi connectivity index (χ2v) is 6.15. The lowest BCUT2D eigenvalue weighted by molar-refractivity contribution is 0.925. The van der Waals surface area contributed by atoms with Gasteiger partial charge < -0.3 is 9.80 Å². The van der Waals surface area contributed by atoms with Gasteiger partial charge >= 0.3 is 0 Å². The van der Waals surface area contributed by atoms with E-state index in [-0.39, 0.29) is 0 Å². The predicted molar refractivity (Wildman–Crippen MR) is 105 cm³/mol. The summed E-state index contributed by atoms with van der Waals surface area (Å²) < 4.78 is 0. The molecule has 0 saturated heterocycles. The van der Waals surface area contributed by atoms with Crippen molar-refractivity contribution in [3.8, 4) is 0 Å². The molecular weight excluding hydrogens is 308 g/mol. The molecule has 0 unspecified atom stereocenters. The minimum Gasteiger partial charge on any atom is -0.329 e. The van der Waals surface area contributed by atoms with Crippen LogP contribution in [0.2, 0.25) is 0 Å². The lowest BCUT2D eigenvalue weighted by atomic mass is 10.2. The molecule has 0 aliphatic carbocycles. The van der Waals surface area contributed by atoms with Crippen LogP contribution in [0.3, 0.4) is 0 Å². The second kappa shape index (κ2) is 7.34. The van der Waals surface area contributed by atoms with Crippen molar-refractivity contribution in [2.45, 2.75) is 20.8 Å². The molecule has 0 fully saturated rings. The summed E-state index contributed by atoms with van der Waals surface area (Å²) in [5.74, 6) is 1.62. The van der Waals surface area contributed by atoms with Gasteiger partial charge in [0.05, 0.1) is 0 Å². The van der Waals surface area contributed by atoms with Gasteiger partial charge in [-0.15, -0.1) is 0 Å². The van der Waals surface area contributed by atoms with Crippen LogP contribution < -0.4 is 9.80 Å². The van der Waals surface area contributed by atoms with Gasteiger partial charge in [0.15, 0.2) is 0 Å². The zero-order valence-electron chi connectivity index (χ0n) is 15.3. The third-order valence-electron chi connectivity index (χ3n) is 4.19. The molecule has 0 aliphatic rings. The highest BCUT2D eigenvalue weighted by atomic mass is 15.3. The summed E-state index contributed by atoms with van der Waals surface area (Å²) in [5, 5.41) is 0. The van der Waals surface area contributed by atoms with E-state index in [4.69, 9.17) is 4.98 Å². The van der Waals surface area contributed by atoms with E-state index in [1.807, 2.05) is 38.2 Å². The van der Waals surface area contributed by atoms with Crippen molar-refractivity contribution < 1.29 is 0 Å². The third kappa shape index (κ3) is 3.79. The topological polar surface area (TPSA) is 32.3 Å².